The summed E-state index contributed by atoms with van der Waals surface area (Å²) in [4.78, 5) is 14.3. The van der Waals surface area contributed by atoms with E-state index in [2.05, 4.69) is 26.6 Å². The van der Waals surface area contributed by atoms with Crippen LogP contribution >= 0.6 is 27.7 Å². The van der Waals surface area contributed by atoms with Gasteiger partial charge >= 0.3 is 6.03 Å². The number of hydrogen-bond donors (Lipinski definition) is 2. The highest BCUT2D eigenvalue weighted by molar-refractivity contribution is 9.10. The highest BCUT2D eigenvalue weighted by atomic mass is 79.9. The molecule has 0 saturated heterocycles. The average molecular weight is 425 g/mol. The molecule has 2 N–H and O–H groups in total. The monoisotopic (exact) mass is 424 g/mol. The van der Waals surface area contributed by atoms with E-state index in [0.717, 1.165) is 25.5 Å². The molecule has 0 aromatic heterocycles. The predicted molar refractivity (Wildman–Crippen MR) is 112 cm³/mol. The predicted octanol–water partition coefficient (Wildman–Crippen LogP) is 6.39. The third kappa shape index (κ3) is 5.51. The first-order valence-corrected chi connectivity index (χ1v) is 9.63. The number of carbonyl (C=O) groups excluding carboxylic acids is 1. The van der Waals surface area contributed by atoms with Gasteiger partial charge in [0.25, 0.3) is 0 Å². The van der Waals surface area contributed by atoms with Crippen LogP contribution in [0.1, 0.15) is 5.56 Å². The molecule has 0 aliphatic rings. The Hall–Kier alpha value is -2.50. The Bertz CT molecular complexity index is 913. The van der Waals surface area contributed by atoms with Crippen molar-refractivity contribution < 1.29 is 4.79 Å². The molecule has 5 heteroatoms. The summed E-state index contributed by atoms with van der Waals surface area (Å²) in [6.45, 7) is 0. The summed E-state index contributed by atoms with van der Waals surface area (Å²) < 4.78 is 0.996. The van der Waals surface area contributed by atoms with E-state index in [9.17, 15) is 4.79 Å². The molecule has 0 atom stereocenters. The lowest BCUT2D eigenvalue weighted by molar-refractivity contribution is 0.255. The van der Waals surface area contributed by atoms with Gasteiger partial charge in [-0.2, -0.15) is 0 Å². The van der Waals surface area contributed by atoms with E-state index >= 15 is 0 Å². The quantitative estimate of drug-likeness (QED) is 0.497. The molecule has 3 nitrogen and oxygen atoms in total. The number of anilines is 1. The molecule has 26 heavy (non-hydrogen) atoms. The van der Waals surface area contributed by atoms with Gasteiger partial charge in [-0.05, 0) is 48.0 Å². The van der Waals surface area contributed by atoms with Crippen molar-refractivity contribution in [3.05, 3.63) is 95.1 Å². The van der Waals surface area contributed by atoms with Crippen molar-refractivity contribution in [2.24, 2.45) is 0 Å². The number of urea groups is 1. The minimum absolute atomic E-state index is 0.280. The first-order valence-electron chi connectivity index (χ1n) is 8.02. The second-order valence-electron chi connectivity index (χ2n) is 5.40. The van der Waals surface area contributed by atoms with E-state index in [1.807, 2.05) is 84.9 Å². The standard InChI is InChI=1S/C21H17BrN2OS/c22-17-8-6-7-16(15-17)13-14-23-21(25)24-19-11-4-5-12-20(19)26-18-9-2-1-3-10-18/h1-15H,(H2,23,24,25)/b14-13+. The van der Waals surface area contributed by atoms with Gasteiger partial charge in [0.15, 0.2) is 0 Å². The molecular formula is C21H17BrN2OS. The van der Waals surface area contributed by atoms with E-state index in [4.69, 9.17) is 0 Å². The lowest BCUT2D eigenvalue weighted by Gasteiger charge is -2.10. The zero-order valence-electron chi connectivity index (χ0n) is 13.9. The Morgan fingerprint density at radius 3 is 2.50 bits per heavy atom. The summed E-state index contributed by atoms with van der Waals surface area (Å²) in [5, 5.41) is 5.63. The highest BCUT2D eigenvalue weighted by Crippen LogP contribution is 2.33. The Kier molecular flexibility index (Phi) is 6.52. The van der Waals surface area contributed by atoms with Crippen molar-refractivity contribution in [1.29, 1.82) is 0 Å². The number of rotatable bonds is 5. The van der Waals surface area contributed by atoms with Crippen LogP contribution in [0.25, 0.3) is 6.08 Å². The molecule has 2 amide bonds. The molecule has 0 fully saturated rings. The fourth-order valence-corrected chi connectivity index (χ4v) is 3.60. The van der Waals surface area contributed by atoms with Crippen molar-refractivity contribution in [2.45, 2.75) is 9.79 Å². The van der Waals surface area contributed by atoms with Gasteiger partial charge in [0.2, 0.25) is 0 Å². The van der Waals surface area contributed by atoms with Crippen LogP contribution in [-0.2, 0) is 0 Å². The molecule has 3 rings (SSSR count). The second kappa shape index (κ2) is 9.27. The maximum absolute atomic E-state index is 12.2. The molecule has 0 aliphatic heterocycles. The van der Waals surface area contributed by atoms with Crippen LogP contribution < -0.4 is 10.6 Å². The average Bonchev–Trinajstić information content (AvgIpc) is 2.64. The number of nitrogens with one attached hydrogen (secondary N) is 2. The fourth-order valence-electron chi connectivity index (χ4n) is 2.26. The van der Waals surface area contributed by atoms with Gasteiger partial charge in [-0.15, -0.1) is 0 Å². The lowest BCUT2D eigenvalue weighted by Crippen LogP contribution is -2.24. The molecular weight excluding hydrogens is 408 g/mol. The summed E-state index contributed by atoms with van der Waals surface area (Å²) in [6.07, 6.45) is 3.47. The van der Waals surface area contributed by atoms with Crippen molar-refractivity contribution in [3.8, 4) is 0 Å². The van der Waals surface area contributed by atoms with E-state index in [1.54, 1.807) is 18.0 Å². The number of para-hydroxylation sites is 1. The van der Waals surface area contributed by atoms with Crippen LogP contribution in [0.5, 0.6) is 0 Å². The van der Waals surface area contributed by atoms with Crippen LogP contribution in [0.15, 0.2) is 99.3 Å². The summed E-state index contributed by atoms with van der Waals surface area (Å²) in [7, 11) is 0. The van der Waals surface area contributed by atoms with E-state index in [-0.39, 0.29) is 6.03 Å². The van der Waals surface area contributed by atoms with Gasteiger partial charge in [-0.3, -0.25) is 0 Å². The number of benzene rings is 3. The fraction of sp³-hybridized carbons (Fsp3) is 0. The second-order valence-corrected chi connectivity index (χ2v) is 7.43. The van der Waals surface area contributed by atoms with Gasteiger partial charge in [0, 0.05) is 20.5 Å². The Morgan fingerprint density at radius 2 is 1.69 bits per heavy atom. The number of hydrogen-bond acceptors (Lipinski definition) is 2. The van der Waals surface area contributed by atoms with Crippen molar-refractivity contribution in [1.82, 2.24) is 5.32 Å². The van der Waals surface area contributed by atoms with E-state index in [0.29, 0.717) is 0 Å². The Balaban J connectivity index is 1.62. The highest BCUT2D eigenvalue weighted by Gasteiger charge is 2.06. The van der Waals surface area contributed by atoms with Crippen LogP contribution in [0, 0.1) is 0 Å². The molecule has 0 saturated carbocycles. The molecule has 0 bridgehead atoms. The summed E-state index contributed by atoms with van der Waals surface area (Å²) in [5.41, 5.74) is 1.77. The third-order valence-electron chi connectivity index (χ3n) is 3.45. The number of halogens is 1. The summed E-state index contributed by atoms with van der Waals surface area (Å²) >= 11 is 5.04. The maximum atomic E-state index is 12.2. The molecule has 0 radical (unpaired) electrons. The smallest absolute Gasteiger partial charge is 0.314 e. The molecule has 3 aromatic rings. The van der Waals surface area contributed by atoms with Crippen LogP contribution in [0.3, 0.4) is 0 Å². The minimum Gasteiger partial charge on any atom is -0.314 e. The van der Waals surface area contributed by atoms with Gasteiger partial charge < -0.3 is 10.6 Å². The molecule has 0 unspecified atom stereocenters. The normalized spacial score (nSPS) is 10.7. The van der Waals surface area contributed by atoms with Crippen LogP contribution in [0.2, 0.25) is 0 Å². The van der Waals surface area contributed by atoms with Crippen LogP contribution in [-0.4, -0.2) is 6.03 Å². The summed E-state index contributed by atoms with van der Waals surface area (Å²) in [5.74, 6) is 0. The molecule has 0 spiro atoms. The maximum Gasteiger partial charge on any atom is 0.323 e. The minimum atomic E-state index is -0.280. The largest absolute Gasteiger partial charge is 0.323 e. The molecule has 0 heterocycles. The third-order valence-corrected chi connectivity index (χ3v) is 5.02. The van der Waals surface area contributed by atoms with Crippen molar-refractivity contribution >= 4 is 45.5 Å². The number of carbonyl (C=O) groups is 1. The van der Waals surface area contributed by atoms with Crippen molar-refractivity contribution in [3.63, 3.8) is 0 Å². The van der Waals surface area contributed by atoms with Crippen molar-refractivity contribution in [2.75, 3.05) is 5.32 Å². The van der Waals surface area contributed by atoms with E-state index < -0.39 is 0 Å². The molecule has 3 aromatic carbocycles. The van der Waals surface area contributed by atoms with Gasteiger partial charge in [0.05, 0.1) is 5.69 Å². The van der Waals surface area contributed by atoms with Crippen LogP contribution in [0.4, 0.5) is 10.5 Å². The topological polar surface area (TPSA) is 41.1 Å². The first-order chi connectivity index (χ1) is 12.7. The Morgan fingerprint density at radius 1 is 0.923 bits per heavy atom. The number of amides is 2. The van der Waals surface area contributed by atoms with Gasteiger partial charge in [-0.1, -0.05) is 70.2 Å². The van der Waals surface area contributed by atoms with Gasteiger partial charge in [0.1, 0.15) is 0 Å². The zero-order valence-corrected chi connectivity index (χ0v) is 16.3. The summed E-state index contributed by atoms with van der Waals surface area (Å²) in [6, 6.07) is 25.4. The van der Waals surface area contributed by atoms with Gasteiger partial charge in [-0.25, -0.2) is 4.79 Å². The molecule has 0 aliphatic carbocycles. The van der Waals surface area contributed by atoms with E-state index in [1.165, 1.54) is 0 Å². The Labute approximate surface area is 165 Å². The first kappa shape index (κ1) is 18.3. The SMILES string of the molecule is O=C(N/C=C/c1cccc(Br)c1)Nc1ccccc1Sc1ccccc1. The molecule has 130 valence electrons. The zero-order chi connectivity index (χ0) is 18.2. The lowest BCUT2D eigenvalue weighted by atomic mass is 10.2.